The molecule has 1 saturated heterocycles. The minimum atomic E-state index is 0.180. The number of aryl methyl sites for hydroxylation is 1. The lowest BCUT2D eigenvalue weighted by Crippen LogP contribution is -2.37. The fourth-order valence-corrected chi connectivity index (χ4v) is 3.08. The van der Waals surface area contributed by atoms with Crippen LogP contribution in [0.3, 0.4) is 0 Å². The molecule has 1 aliphatic heterocycles. The summed E-state index contributed by atoms with van der Waals surface area (Å²) in [6.45, 7) is 4.11. The van der Waals surface area contributed by atoms with Crippen molar-refractivity contribution in [2.75, 3.05) is 25.0 Å². The van der Waals surface area contributed by atoms with Gasteiger partial charge in [-0.05, 0) is 54.0 Å². The number of carbonyl (C=O) groups excluding carboxylic acids is 1. The van der Waals surface area contributed by atoms with Gasteiger partial charge in [0, 0.05) is 18.8 Å². The molecule has 128 valence electrons. The van der Waals surface area contributed by atoms with Crippen LogP contribution in [0.2, 0.25) is 0 Å². The second-order valence-corrected chi connectivity index (χ2v) is 6.26. The second-order valence-electron chi connectivity index (χ2n) is 6.26. The Labute approximate surface area is 142 Å². The van der Waals surface area contributed by atoms with Crippen molar-refractivity contribution in [1.82, 2.24) is 25.1 Å². The molecule has 0 aliphatic carbocycles. The molecule has 7 nitrogen and oxygen atoms in total. The van der Waals surface area contributed by atoms with Crippen molar-refractivity contribution < 1.29 is 4.79 Å². The zero-order valence-corrected chi connectivity index (χ0v) is 14.1. The number of nitrogens with zero attached hydrogens (tertiary/aromatic N) is 5. The van der Waals surface area contributed by atoms with Crippen molar-refractivity contribution in [1.29, 1.82) is 0 Å². The third-order valence-electron chi connectivity index (χ3n) is 4.45. The maximum atomic E-state index is 12.4. The molecular weight excluding hydrogens is 304 g/mol. The van der Waals surface area contributed by atoms with Crippen molar-refractivity contribution in [2.45, 2.75) is 39.0 Å². The highest BCUT2D eigenvalue weighted by Gasteiger charge is 2.14. The number of rotatable bonds is 4. The number of likely N-dealkylation sites (tertiary alicyclic amines) is 1. The fourth-order valence-electron chi connectivity index (χ4n) is 3.08. The van der Waals surface area contributed by atoms with Gasteiger partial charge in [-0.25, -0.2) is 4.68 Å². The Morgan fingerprint density at radius 3 is 2.58 bits per heavy atom. The van der Waals surface area contributed by atoms with Gasteiger partial charge in [-0.15, -0.1) is 5.10 Å². The van der Waals surface area contributed by atoms with Crippen LogP contribution in [0.4, 0.5) is 5.69 Å². The summed E-state index contributed by atoms with van der Waals surface area (Å²) < 4.78 is 1.63. The number of hydrogen-bond donors (Lipinski definition) is 1. The first kappa shape index (κ1) is 16.4. The zero-order chi connectivity index (χ0) is 16.8. The molecule has 1 aromatic carbocycles. The van der Waals surface area contributed by atoms with Crippen LogP contribution in [-0.4, -0.2) is 50.6 Å². The van der Waals surface area contributed by atoms with E-state index in [1.165, 1.54) is 19.3 Å². The monoisotopic (exact) mass is 328 g/mol. The van der Waals surface area contributed by atoms with Gasteiger partial charge in [0.05, 0.1) is 12.2 Å². The van der Waals surface area contributed by atoms with Crippen molar-refractivity contribution in [3.05, 3.63) is 30.1 Å². The van der Waals surface area contributed by atoms with Crippen LogP contribution in [0.25, 0.3) is 5.69 Å². The van der Waals surface area contributed by atoms with Gasteiger partial charge in [0.15, 0.2) is 0 Å². The number of nitrogens with one attached hydrogen (secondary N) is 1. The van der Waals surface area contributed by atoms with Crippen molar-refractivity contribution in [2.24, 2.45) is 0 Å². The SMILES string of the molecule is Cc1cc(NCC(=O)N2CCCCCCC2)ccc1-n1cnnn1. The molecule has 0 spiro atoms. The molecule has 2 heterocycles. The van der Waals surface area contributed by atoms with Gasteiger partial charge in [-0.3, -0.25) is 4.79 Å². The molecule has 1 aliphatic rings. The molecule has 0 bridgehead atoms. The first-order valence-corrected chi connectivity index (χ1v) is 8.60. The summed E-state index contributed by atoms with van der Waals surface area (Å²) in [4.78, 5) is 14.4. The average Bonchev–Trinajstić information content (AvgIpc) is 3.06. The predicted octanol–water partition coefficient (Wildman–Crippen LogP) is 2.18. The zero-order valence-electron chi connectivity index (χ0n) is 14.1. The number of benzene rings is 1. The van der Waals surface area contributed by atoms with E-state index in [2.05, 4.69) is 20.8 Å². The molecule has 24 heavy (non-hydrogen) atoms. The van der Waals surface area contributed by atoms with Crippen LogP contribution in [0.15, 0.2) is 24.5 Å². The molecule has 0 saturated carbocycles. The third kappa shape index (κ3) is 4.10. The van der Waals surface area contributed by atoms with Crippen LogP contribution < -0.4 is 5.32 Å². The Morgan fingerprint density at radius 1 is 1.17 bits per heavy atom. The smallest absolute Gasteiger partial charge is 0.241 e. The van der Waals surface area contributed by atoms with Gasteiger partial charge in [0.1, 0.15) is 6.33 Å². The molecule has 1 amide bonds. The maximum absolute atomic E-state index is 12.4. The van der Waals surface area contributed by atoms with E-state index in [1.54, 1.807) is 11.0 Å². The van der Waals surface area contributed by atoms with Crippen LogP contribution in [0.5, 0.6) is 0 Å². The van der Waals surface area contributed by atoms with E-state index in [4.69, 9.17) is 0 Å². The Bertz CT molecular complexity index is 662. The van der Waals surface area contributed by atoms with Crippen LogP contribution in [-0.2, 0) is 4.79 Å². The summed E-state index contributed by atoms with van der Waals surface area (Å²) in [6, 6.07) is 5.91. The van der Waals surface area contributed by atoms with E-state index >= 15 is 0 Å². The standard InChI is InChI=1S/C17H24N6O/c1-14-11-15(7-8-16(14)23-13-19-20-21-23)18-12-17(24)22-9-5-3-2-4-6-10-22/h7-8,11,13,18H,2-6,9-10,12H2,1H3. The number of amides is 1. The van der Waals surface area contributed by atoms with Gasteiger partial charge in [0.25, 0.3) is 0 Å². The normalized spacial score (nSPS) is 15.6. The van der Waals surface area contributed by atoms with E-state index in [1.807, 2.05) is 30.0 Å². The van der Waals surface area contributed by atoms with Gasteiger partial charge in [-0.1, -0.05) is 19.3 Å². The molecule has 2 aromatic rings. The Morgan fingerprint density at radius 2 is 1.92 bits per heavy atom. The van der Waals surface area contributed by atoms with Gasteiger partial charge < -0.3 is 10.2 Å². The maximum Gasteiger partial charge on any atom is 0.241 e. The highest BCUT2D eigenvalue weighted by Crippen LogP contribution is 2.18. The van der Waals surface area contributed by atoms with Crippen molar-refractivity contribution in [3.63, 3.8) is 0 Å². The number of carbonyl (C=O) groups is 1. The third-order valence-corrected chi connectivity index (χ3v) is 4.45. The Hall–Kier alpha value is -2.44. The lowest BCUT2D eigenvalue weighted by molar-refractivity contribution is -0.129. The topological polar surface area (TPSA) is 75.9 Å². The first-order chi connectivity index (χ1) is 11.7. The van der Waals surface area contributed by atoms with Gasteiger partial charge in [0.2, 0.25) is 5.91 Å². The fraction of sp³-hybridized carbons (Fsp3) is 0.529. The largest absolute Gasteiger partial charge is 0.376 e. The Kier molecular flexibility index (Phi) is 5.40. The molecule has 0 radical (unpaired) electrons. The number of tetrazole rings is 1. The quantitative estimate of drug-likeness (QED) is 0.931. The van der Waals surface area contributed by atoms with Gasteiger partial charge >= 0.3 is 0 Å². The predicted molar refractivity (Wildman–Crippen MR) is 92.0 cm³/mol. The summed E-state index contributed by atoms with van der Waals surface area (Å²) in [7, 11) is 0. The van der Waals surface area contributed by atoms with E-state index in [0.717, 1.165) is 42.9 Å². The molecule has 1 N–H and O–H groups in total. The van der Waals surface area contributed by atoms with Gasteiger partial charge in [-0.2, -0.15) is 0 Å². The second kappa shape index (κ2) is 7.90. The summed E-state index contributed by atoms with van der Waals surface area (Å²) in [5.41, 5.74) is 2.91. The summed E-state index contributed by atoms with van der Waals surface area (Å²) in [5, 5.41) is 14.5. The molecule has 0 atom stereocenters. The summed E-state index contributed by atoms with van der Waals surface area (Å²) >= 11 is 0. The molecule has 0 unspecified atom stereocenters. The highest BCUT2D eigenvalue weighted by atomic mass is 16.2. The first-order valence-electron chi connectivity index (χ1n) is 8.60. The highest BCUT2D eigenvalue weighted by molar-refractivity contribution is 5.81. The number of hydrogen-bond acceptors (Lipinski definition) is 5. The molecule has 3 rings (SSSR count). The molecule has 1 fully saturated rings. The average molecular weight is 328 g/mol. The number of aromatic nitrogens is 4. The lowest BCUT2D eigenvalue weighted by Gasteiger charge is -2.25. The number of anilines is 1. The van der Waals surface area contributed by atoms with Crippen LogP contribution in [0, 0.1) is 6.92 Å². The van der Waals surface area contributed by atoms with Crippen LogP contribution in [0.1, 0.15) is 37.7 Å². The minimum Gasteiger partial charge on any atom is -0.376 e. The van der Waals surface area contributed by atoms with E-state index < -0.39 is 0 Å². The summed E-state index contributed by atoms with van der Waals surface area (Å²) in [5.74, 6) is 0.180. The lowest BCUT2D eigenvalue weighted by atomic mass is 10.1. The summed E-state index contributed by atoms with van der Waals surface area (Å²) in [6.07, 6.45) is 7.56. The Balaban J connectivity index is 1.58. The van der Waals surface area contributed by atoms with Crippen LogP contribution >= 0.6 is 0 Å². The van der Waals surface area contributed by atoms with Crippen molar-refractivity contribution in [3.8, 4) is 5.69 Å². The van der Waals surface area contributed by atoms with Crippen molar-refractivity contribution >= 4 is 11.6 Å². The molecular formula is C17H24N6O. The molecule has 7 heteroatoms. The van der Waals surface area contributed by atoms with E-state index in [9.17, 15) is 4.79 Å². The molecule has 1 aromatic heterocycles. The van der Waals surface area contributed by atoms with E-state index in [-0.39, 0.29) is 5.91 Å². The van der Waals surface area contributed by atoms with E-state index in [0.29, 0.717) is 6.54 Å². The minimum absolute atomic E-state index is 0.180.